The number of rotatable bonds is 9. The molecule has 0 atom stereocenters. The topological polar surface area (TPSA) is 103 Å². The van der Waals surface area contributed by atoms with Crippen molar-refractivity contribution in [2.45, 2.75) is 13.5 Å². The molecule has 0 bridgehead atoms. The Labute approximate surface area is 171 Å². The molecule has 8 nitrogen and oxygen atoms in total. The molecular formula is C20H20F2N2O6. The zero-order valence-electron chi connectivity index (χ0n) is 16.2. The van der Waals surface area contributed by atoms with Gasteiger partial charge in [0.2, 0.25) is 5.91 Å². The van der Waals surface area contributed by atoms with Crippen molar-refractivity contribution < 1.29 is 37.4 Å². The zero-order valence-corrected chi connectivity index (χ0v) is 16.2. The van der Waals surface area contributed by atoms with Crippen LogP contribution in [-0.2, 0) is 14.3 Å². The number of carbonyl (C=O) groups excluding carboxylic acids is 3. The summed E-state index contributed by atoms with van der Waals surface area (Å²) in [6, 6.07) is 10.0. The van der Waals surface area contributed by atoms with Gasteiger partial charge in [-0.25, -0.2) is 4.79 Å². The molecular weight excluding hydrogens is 402 g/mol. The van der Waals surface area contributed by atoms with Crippen LogP contribution < -0.4 is 20.1 Å². The van der Waals surface area contributed by atoms with Crippen LogP contribution in [0.15, 0.2) is 42.5 Å². The predicted molar refractivity (Wildman–Crippen MR) is 103 cm³/mol. The molecule has 0 unspecified atom stereocenters. The number of amides is 2. The SMILES string of the molecule is COc1ccc(C)cc1NC(=O)CNC(=O)COC(=O)c1ccc(OC(F)F)cc1. The van der Waals surface area contributed by atoms with Gasteiger partial charge in [0.1, 0.15) is 11.5 Å². The lowest BCUT2D eigenvalue weighted by molar-refractivity contribution is -0.126. The fourth-order valence-corrected chi connectivity index (χ4v) is 2.33. The highest BCUT2D eigenvalue weighted by atomic mass is 19.3. The van der Waals surface area contributed by atoms with E-state index in [0.29, 0.717) is 11.4 Å². The van der Waals surface area contributed by atoms with Crippen molar-refractivity contribution in [3.05, 3.63) is 53.6 Å². The second kappa shape index (κ2) is 10.7. The van der Waals surface area contributed by atoms with Crippen molar-refractivity contribution in [2.75, 3.05) is 25.6 Å². The van der Waals surface area contributed by atoms with E-state index in [-0.39, 0.29) is 17.9 Å². The van der Waals surface area contributed by atoms with Gasteiger partial charge < -0.3 is 24.8 Å². The molecule has 2 aromatic carbocycles. The monoisotopic (exact) mass is 422 g/mol. The molecule has 2 N–H and O–H groups in total. The Bertz CT molecular complexity index is 903. The van der Waals surface area contributed by atoms with Crippen molar-refractivity contribution in [2.24, 2.45) is 0 Å². The summed E-state index contributed by atoms with van der Waals surface area (Å²) in [7, 11) is 1.47. The molecule has 0 fully saturated rings. The number of esters is 1. The third kappa shape index (κ3) is 7.04. The van der Waals surface area contributed by atoms with E-state index in [4.69, 9.17) is 9.47 Å². The predicted octanol–water partition coefficient (Wildman–Crippen LogP) is 2.52. The van der Waals surface area contributed by atoms with E-state index >= 15 is 0 Å². The number of methoxy groups -OCH3 is 1. The summed E-state index contributed by atoms with van der Waals surface area (Å²) in [6.07, 6.45) is 0. The number of aryl methyl sites for hydroxylation is 1. The van der Waals surface area contributed by atoms with E-state index in [1.807, 2.05) is 13.0 Å². The van der Waals surface area contributed by atoms with Crippen molar-refractivity contribution >= 4 is 23.5 Å². The van der Waals surface area contributed by atoms with Crippen molar-refractivity contribution in [1.82, 2.24) is 5.32 Å². The van der Waals surface area contributed by atoms with Crippen LogP contribution in [0.25, 0.3) is 0 Å². The van der Waals surface area contributed by atoms with Gasteiger partial charge in [0, 0.05) is 0 Å². The summed E-state index contributed by atoms with van der Waals surface area (Å²) in [5.74, 6) is -1.65. The average Bonchev–Trinajstić information content (AvgIpc) is 2.70. The largest absolute Gasteiger partial charge is 0.495 e. The smallest absolute Gasteiger partial charge is 0.387 e. The first-order chi connectivity index (χ1) is 14.3. The molecule has 30 heavy (non-hydrogen) atoms. The Kier molecular flexibility index (Phi) is 8.09. The van der Waals surface area contributed by atoms with Crippen molar-refractivity contribution in [3.8, 4) is 11.5 Å². The number of hydrogen-bond acceptors (Lipinski definition) is 6. The number of ether oxygens (including phenoxy) is 3. The van der Waals surface area contributed by atoms with E-state index in [0.717, 1.165) is 5.56 Å². The van der Waals surface area contributed by atoms with Crippen molar-refractivity contribution in [3.63, 3.8) is 0 Å². The van der Waals surface area contributed by atoms with E-state index < -0.39 is 31.0 Å². The molecule has 0 saturated carbocycles. The number of halogens is 2. The summed E-state index contributed by atoms with van der Waals surface area (Å²) in [5.41, 5.74) is 1.42. The fraction of sp³-hybridized carbons (Fsp3) is 0.250. The molecule has 2 rings (SSSR count). The lowest BCUT2D eigenvalue weighted by Gasteiger charge is -2.11. The number of hydrogen-bond donors (Lipinski definition) is 2. The van der Waals surface area contributed by atoms with Gasteiger partial charge in [0.25, 0.3) is 5.91 Å². The van der Waals surface area contributed by atoms with E-state index in [2.05, 4.69) is 15.4 Å². The van der Waals surface area contributed by atoms with Crippen LogP contribution in [0.3, 0.4) is 0 Å². The minimum Gasteiger partial charge on any atom is -0.495 e. The second-order valence-electron chi connectivity index (χ2n) is 6.01. The highest BCUT2D eigenvalue weighted by Gasteiger charge is 2.13. The molecule has 2 aromatic rings. The van der Waals surface area contributed by atoms with Crippen LogP contribution in [0.1, 0.15) is 15.9 Å². The minimum absolute atomic E-state index is 0.0497. The van der Waals surface area contributed by atoms with Crippen LogP contribution in [0.4, 0.5) is 14.5 Å². The van der Waals surface area contributed by atoms with Gasteiger partial charge in [0.05, 0.1) is 24.9 Å². The maximum Gasteiger partial charge on any atom is 0.387 e. The number of benzene rings is 2. The molecule has 2 amide bonds. The molecule has 0 aliphatic heterocycles. The van der Waals surface area contributed by atoms with Crippen LogP contribution in [0.2, 0.25) is 0 Å². The first-order valence-electron chi connectivity index (χ1n) is 8.71. The quantitative estimate of drug-likeness (QED) is 0.602. The van der Waals surface area contributed by atoms with Gasteiger partial charge in [-0.2, -0.15) is 8.78 Å². The van der Waals surface area contributed by atoms with Crippen LogP contribution in [0, 0.1) is 6.92 Å². The summed E-state index contributed by atoms with van der Waals surface area (Å²) in [6.45, 7) is -2.08. The lowest BCUT2D eigenvalue weighted by atomic mass is 10.2. The first kappa shape index (κ1) is 22.6. The maximum absolute atomic E-state index is 12.1. The molecule has 160 valence electrons. The summed E-state index contributed by atoms with van der Waals surface area (Å²) in [4.78, 5) is 35.7. The molecule has 10 heteroatoms. The van der Waals surface area contributed by atoms with Gasteiger partial charge in [-0.05, 0) is 48.9 Å². The normalized spacial score (nSPS) is 10.3. The van der Waals surface area contributed by atoms with Gasteiger partial charge in [0.15, 0.2) is 6.61 Å². The van der Waals surface area contributed by atoms with E-state index in [9.17, 15) is 23.2 Å². The zero-order chi connectivity index (χ0) is 22.1. The molecule has 0 spiro atoms. The molecule has 0 aliphatic carbocycles. The molecule has 0 aromatic heterocycles. The van der Waals surface area contributed by atoms with Crippen LogP contribution in [-0.4, -0.2) is 44.7 Å². The van der Waals surface area contributed by atoms with E-state index in [1.54, 1.807) is 12.1 Å². The first-order valence-corrected chi connectivity index (χ1v) is 8.71. The lowest BCUT2D eigenvalue weighted by Crippen LogP contribution is -2.35. The summed E-state index contributed by atoms with van der Waals surface area (Å²) >= 11 is 0. The highest BCUT2D eigenvalue weighted by Crippen LogP contribution is 2.24. The number of anilines is 1. The van der Waals surface area contributed by atoms with E-state index in [1.165, 1.54) is 31.4 Å². The summed E-state index contributed by atoms with van der Waals surface area (Å²) < 4.78 is 38.4. The van der Waals surface area contributed by atoms with Crippen LogP contribution >= 0.6 is 0 Å². The Morgan fingerprint density at radius 1 is 1.03 bits per heavy atom. The average molecular weight is 422 g/mol. The molecule has 0 saturated heterocycles. The van der Waals surface area contributed by atoms with Crippen molar-refractivity contribution in [1.29, 1.82) is 0 Å². The Morgan fingerprint density at radius 2 is 1.73 bits per heavy atom. The standard InChI is InChI=1S/C20H20F2N2O6/c1-12-3-8-16(28-2)15(9-12)24-17(25)10-23-18(26)11-29-19(27)13-4-6-14(7-5-13)30-20(21)22/h3-9,20H,10-11H2,1-2H3,(H,23,26)(H,24,25). The highest BCUT2D eigenvalue weighted by molar-refractivity contribution is 5.96. The molecule has 0 aliphatic rings. The molecule has 0 heterocycles. The second-order valence-corrected chi connectivity index (χ2v) is 6.01. The van der Waals surface area contributed by atoms with Gasteiger partial charge in [-0.3, -0.25) is 9.59 Å². The Balaban J connectivity index is 1.77. The Hall–Kier alpha value is -3.69. The van der Waals surface area contributed by atoms with Gasteiger partial charge >= 0.3 is 12.6 Å². The van der Waals surface area contributed by atoms with Gasteiger partial charge in [-0.15, -0.1) is 0 Å². The third-order valence-electron chi connectivity index (χ3n) is 3.72. The fourth-order valence-electron chi connectivity index (χ4n) is 2.33. The van der Waals surface area contributed by atoms with Gasteiger partial charge in [-0.1, -0.05) is 6.07 Å². The van der Waals surface area contributed by atoms with Crippen LogP contribution in [0.5, 0.6) is 11.5 Å². The number of alkyl halides is 2. The number of carbonyl (C=O) groups is 3. The minimum atomic E-state index is -2.98. The maximum atomic E-state index is 12.1. The summed E-state index contributed by atoms with van der Waals surface area (Å²) in [5, 5.41) is 4.94. The third-order valence-corrected chi connectivity index (χ3v) is 3.72. The number of nitrogens with one attached hydrogen (secondary N) is 2. The Morgan fingerprint density at radius 3 is 2.37 bits per heavy atom. The molecule has 0 radical (unpaired) electrons.